The van der Waals surface area contributed by atoms with Crippen LogP contribution in [-0.2, 0) is 14.3 Å². The Labute approximate surface area is 166 Å². The summed E-state index contributed by atoms with van der Waals surface area (Å²) in [6.07, 6.45) is 0. The van der Waals surface area contributed by atoms with Crippen LogP contribution in [0.25, 0.3) is 0 Å². The van der Waals surface area contributed by atoms with E-state index in [0.29, 0.717) is 5.56 Å². The van der Waals surface area contributed by atoms with Crippen LogP contribution < -0.4 is 21.2 Å². The van der Waals surface area contributed by atoms with Crippen LogP contribution in [0, 0.1) is 0 Å². The molecule has 0 radical (unpaired) electrons. The first-order valence-corrected chi connectivity index (χ1v) is 10.3. The lowest BCUT2D eigenvalue weighted by molar-refractivity contribution is -0.145. The smallest absolute Gasteiger partial charge is 0.333 e. The molecule has 0 fully saturated rings. The van der Waals surface area contributed by atoms with Gasteiger partial charge in [0.15, 0.2) is 6.04 Å². The van der Waals surface area contributed by atoms with Crippen LogP contribution in [0.5, 0.6) is 0 Å². The highest BCUT2D eigenvalue weighted by Gasteiger charge is 2.23. The molecular formula is C23H22NO3P. The molecule has 0 saturated carbocycles. The first-order valence-electron chi connectivity index (χ1n) is 8.95. The van der Waals surface area contributed by atoms with Gasteiger partial charge in [0.25, 0.3) is 0 Å². The highest BCUT2D eigenvalue weighted by atomic mass is 31.1. The molecule has 3 aromatic carbocycles. The first-order chi connectivity index (χ1) is 13.6. The third kappa shape index (κ3) is 4.65. The average molecular weight is 391 g/mol. The van der Waals surface area contributed by atoms with Crippen molar-refractivity contribution >= 4 is 35.7 Å². The van der Waals surface area contributed by atoms with Gasteiger partial charge in [0.1, 0.15) is 0 Å². The number of carbonyl (C=O) groups is 2. The highest BCUT2D eigenvalue weighted by molar-refractivity contribution is 7.79. The maximum absolute atomic E-state index is 12.1. The quantitative estimate of drug-likeness (QED) is 0.519. The fourth-order valence-corrected chi connectivity index (χ4v) is 5.30. The highest BCUT2D eigenvalue weighted by Crippen LogP contribution is 2.33. The van der Waals surface area contributed by atoms with E-state index in [1.165, 1.54) is 29.9 Å². The number of benzene rings is 3. The van der Waals surface area contributed by atoms with Crippen molar-refractivity contribution in [3.8, 4) is 0 Å². The lowest BCUT2D eigenvalue weighted by atomic mass is 10.1. The zero-order valence-corrected chi connectivity index (χ0v) is 16.7. The van der Waals surface area contributed by atoms with Crippen LogP contribution in [0.1, 0.15) is 18.5 Å². The maximum atomic E-state index is 12.1. The molecular weight excluding hydrogens is 369 g/mol. The molecule has 0 saturated heterocycles. The predicted molar refractivity (Wildman–Crippen MR) is 114 cm³/mol. The van der Waals surface area contributed by atoms with E-state index < -0.39 is 19.9 Å². The van der Waals surface area contributed by atoms with Crippen molar-refractivity contribution in [2.75, 3.05) is 7.11 Å². The fourth-order valence-electron chi connectivity index (χ4n) is 3.02. The minimum absolute atomic E-state index is 0.282. The van der Waals surface area contributed by atoms with E-state index in [4.69, 9.17) is 4.74 Å². The van der Waals surface area contributed by atoms with E-state index in [-0.39, 0.29) is 5.91 Å². The summed E-state index contributed by atoms with van der Waals surface area (Å²) in [5.74, 6) is -0.772. The van der Waals surface area contributed by atoms with Gasteiger partial charge < -0.3 is 10.1 Å². The number of carbonyl (C=O) groups excluding carboxylic acids is 2. The van der Waals surface area contributed by atoms with Gasteiger partial charge in [-0.2, -0.15) is 0 Å². The zero-order chi connectivity index (χ0) is 19.9. The van der Waals surface area contributed by atoms with Crippen LogP contribution >= 0.6 is 7.92 Å². The minimum Gasteiger partial charge on any atom is -0.467 e. The summed E-state index contributed by atoms with van der Waals surface area (Å²) in [4.78, 5) is 23.6. The van der Waals surface area contributed by atoms with Gasteiger partial charge in [-0.1, -0.05) is 84.9 Å². The maximum Gasteiger partial charge on any atom is 0.333 e. The van der Waals surface area contributed by atoms with E-state index >= 15 is 0 Å². The second kappa shape index (κ2) is 9.29. The zero-order valence-electron chi connectivity index (χ0n) is 15.8. The van der Waals surface area contributed by atoms with Crippen molar-refractivity contribution in [2.24, 2.45) is 0 Å². The summed E-state index contributed by atoms with van der Waals surface area (Å²) in [5, 5.41) is 6.33. The normalized spacial score (nSPS) is 11.7. The van der Waals surface area contributed by atoms with Crippen LogP contribution in [0.3, 0.4) is 0 Å². The summed E-state index contributed by atoms with van der Waals surface area (Å²) in [6, 6.07) is 27.8. The van der Waals surface area contributed by atoms with Crippen LogP contribution in [0.2, 0.25) is 0 Å². The molecule has 1 atom stereocenters. The molecule has 0 spiro atoms. The van der Waals surface area contributed by atoms with Gasteiger partial charge >= 0.3 is 5.97 Å². The second-order valence-corrected chi connectivity index (χ2v) is 8.47. The molecule has 0 aliphatic rings. The van der Waals surface area contributed by atoms with Crippen molar-refractivity contribution in [3.63, 3.8) is 0 Å². The number of esters is 1. The molecule has 0 aliphatic heterocycles. The molecule has 1 amide bonds. The number of hydrogen-bond donors (Lipinski definition) is 1. The van der Waals surface area contributed by atoms with Gasteiger partial charge in [0.2, 0.25) is 5.91 Å². The molecule has 0 bridgehead atoms. The number of rotatable bonds is 6. The molecule has 4 nitrogen and oxygen atoms in total. The number of nitrogens with one attached hydrogen (secondary N) is 1. The van der Waals surface area contributed by atoms with Crippen molar-refractivity contribution in [1.82, 2.24) is 5.32 Å². The van der Waals surface area contributed by atoms with Crippen molar-refractivity contribution in [3.05, 3.63) is 90.5 Å². The lowest BCUT2D eigenvalue weighted by Crippen LogP contribution is -2.33. The summed E-state index contributed by atoms with van der Waals surface area (Å²) in [6.45, 7) is 1.38. The van der Waals surface area contributed by atoms with E-state index in [1.54, 1.807) is 0 Å². The molecule has 1 N–H and O–H groups in total. The van der Waals surface area contributed by atoms with Gasteiger partial charge in [0, 0.05) is 6.92 Å². The van der Waals surface area contributed by atoms with Gasteiger partial charge in [0.05, 0.1) is 7.11 Å². The van der Waals surface area contributed by atoms with Crippen molar-refractivity contribution in [1.29, 1.82) is 0 Å². The van der Waals surface area contributed by atoms with Gasteiger partial charge in [-0.15, -0.1) is 0 Å². The van der Waals surface area contributed by atoms with Gasteiger partial charge in [-0.05, 0) is 29.4 Å². The van der Waals surface area contributed by atoms with Crippen LogP contribution in [-0.4, -0.2) is 19.0 Å². The number of amides is 1. The Morgan fingerprint density at radius 1 is 0.786 bits per heavy atom. The number of methoxy groups -OCH3 is 1. The molecule has 5 heteroatoms. The first kappa shape index (κ1) is 19.8. The molecule has 0 aliphatic carbocycles. The Hall–Kier alpha value is -2.97. The summed E-state index contributed by atoms with van der Waals surface area (Å²) < 4.78 is 4.83. The van der Waals surface area contributed by atoms with Gasteiger partial charge in [-0.25, -0.2) is 4.79 Å². The third-order valence-electron chi connectivity index (χ3n) is 4.30. The molecule has 28 heavy (non-hydrogen) atoms. The Bertz CT molecular complexity index is 888. The number of ether oxygens (including phenoxy) is 1. The summed E-state index contributed by atoms with van der Waals surface area (Å²) in [5.41, 5.74) is 0.696. The SMILES string of the molecule is COC(=O)[C@@H](NC(C)=O)c1ccc(P(c2ccccc2)c2ccccc2)cc1. The Balaban J connectivity index is 1.99. The van der Waals surface area contributed by atoms with Crippen molar-refractivity contribution < 1.29 is 14.3 Å². The van der Waals surface area contributed by atoms with Crippen LogP contribution in [0.4, 0.5) is 0 Å². The Morgan fingerprint density at radius 2 is 1.25 bits per heavy atom. The molecule has 0 heterocycles. The van der Waals surface area contributed by atoms with E-state index in [0.717, 1.165) is 0 Å². The van der Waals surface area contributed by atoms with E-state index in [1.807, 2.05) is 60.7 Å². The molecule has 0 unspecified atom stereocenters. The Kier molecular flexibility index (Phi) is 6.57. The molecule has 3 aromatic rings. The summed E-state index contributed by atoms with van der Waals surface area (Å²) in [7, 11) is 0.598. The van der Waals surface area contributed by atoms with Crippen molar-refractivity contribution in [2.45, 2.75) is 13.0 Å². The molecule has 142 valence electrons. The molecule has 0 aromatic heterocycles. The third-order valence-corrected chi connectivity index (χ3v) is 6.74. The predicted octanol–water partition coefficient (Wildman–Crippen LogP) is 2.80. The standard InChI is InChI=1S/C23H22NO3P/c1-17(25)24-22(23(26)27-2)18-13-15-21(16-14-18)28(19-9-5-3-6-10-19)20-11-7-4-8-12-20/h3-16,22H,1-2H3,(H,24,25)/t22-/m0/s1. The van der Waals surface area contributed by atoms with E-state index in [9.17, 15) is 9.59 Å². The molecule has 3 rings (SSSR count). The van der Waals surface area contributed by atoms with Gasteiger partial charge in [-0.3, -0.25) is 4.79 Å². The second-order valence-electron chi connectivity index (χ2n) is 6.25. The Morgan fingerprint density at radius 3 is 1.68 bits per heavy atom. The monoisotopic (exact) mass is 391 g/mol. The largest absolute Gasteiger partial charge is 0.467 e. The summed E-state index contributed by atoms with van der Waals surface area (Å²) >= 11 is 0. The average Bonchev–Trinajstić information content (AvgIpc) is 2.74. The topological polar surface area (TPSA) is 55.4 Å². The number of hydrogen-bond acceptors (Lipinski definition) is 3. The minimum atomic E-state index is -0.809. The fraction of sp³-hybridized carbons (Fsp3) is 0.130. The van der Waals surface area contributed by atoms with Crippen LogP contribution in [0.15, 0.2) is 84.9 Å². The lowest BCUT2D eigenvalue weighted by Gasteiger charge is -2.21. The van der Waals surface area contributed by atoms with E-state index in [2.05, 4.69) is 29.6 Å².